The summed E-state index contributed by atoms with van der Waals surface area (Å²) in [5.41, 5.74) is 1.18. The Morgan fingerprint density at radius 1 is 1.33 bits per heavy atom. The molecule has 0 saturated carbocycles. The Hall–Kier alpha value is -1.61. The summed E-state index contributed by atoms with van der Waals surface area (Å²) in [7, 11) is 1.45. The number of carbonyl (C=O) groups is 1. The second-order valence-corrected chi connectivity index (χ2v) is 4.57. The number of rotatable bonds is 5. The molecule has 3 heteroatoms. The molecule has 0 radical (unpaired) electrons. The van der Waals surface area contributed by atoms with E-state index in [0.29, 0.717) is 12.5 Å². The van der Waals surface area contributed by atoms with E-state index in [1.165, 1.54) is 12.7 Å². The van der Waals surface area contributed by atoms with Crippen molar-refractivity contribution in [1.29, 1.82) is 0 Å². The summed E-state index contributed by atoms with van der Waals surface area (Å²) in [4.78, 5) is 11.8. The van der Waals surface area contributed by atoms with Crippen LogP contribution >= 0.6 is 0 Å². The van der Waals surface area contributed by atoms with E-state index in [-0.39, 0.29) is 12.0 Å². The molecule has 0 aromatic heterocycles. The number of carbonyl (C=O) groups excluding carboxylic acids is 1. The van der Waals surface area contributed by atoms with Crippen LogP contribution in [-0.4, -0.2) is 19.1 Å². The van der Waals surface area contributed by atoms with E-state index in [0.717, 1.165) is 12.8 Å². The Kier molecular flexibility index (Phi) is 4.53. The van der Waals surface area contributed by atoms with Crippen molar-refractivity contribution in [2.24, 2.45) is 5.92 Å². The van der Waals surface area contributed by atoms with Crippen molar-refractivity contribution in [3.63, 3.8) is 0 Å². The van der Waals surface area contributed by atoms with E-state index >= 15 is 0 Å². The van der Waals surface area contributed by atoms with Gasteiger partial charge in [0.1, 0.15) is 6.04 Å². The van der Waals surface area contributed by atoms with Crippen molar-refractivity contribution in [1.82, 2.24) is 5.32 Å². The van der Waals surface area contributed by atoms with E-state index in [4.69, 9.17) is 4.74 Å². The summed E-state index contributed by atoms with van der Waals surface area (Å²) in [6.45, 7) is 0.692. The number of ether oxygens (including phenoxy) is 1. The molecule has 0 heterocycles. The Balaban J connectivity index is 1.95. The molecule has 96 valence electrons. The summed E-state index contributed by atoms with van der Waals surface area (Å²) in [5.74, 6) is 0.154. The van der Waals surface area contributed by atoms with Crippen LogP contribution in [0.25, 0.3) is 0 Å². The van der Waals surface area contributed by atoms with E-state index in [9.17, 15) is 4.79 Å². The second-order valence-electron chi connectivity index (χ2n) is 4.57. The first kappa shape index (κ1) is 12.8. The molecule has 0 fully saturated rings. The zero-order valence-corrected chi connectivity index (χ0v) is 10.6. The van der Waals surface area contributed by atoms with Gasteiger partial charge in [-0.15, -0.1) is 0 Å². The minimum absolute atomic E-state index is 0.167. The van der Waals surface area contributed by atoms with E-state index in [1.54, 1.807) is 0 Å². The van der Waals surface area contributed by atoms with Gasteiger partial charge in [-0.25, -0.2) is 0 Å². The number of nitrogens with one attached hydrogen (secondary N) is 1. The maximum absolute atomic E-state index is 11.8. The van der Waals surface area contributed by atoms with Crippen molar-refractivity contribution >= 4 is 5.97 Å². The highest BCUT2D eigenvalue weighted by Crippen LogP contribution is 2.22. The molecule has 0 saturated heterocycles. The lowest BCUT2D eigenvalue weighted by Crippen LogP contribution is -2.42. The molecule has 1 aliphatic carbocycles. The Labute approximate surface area is 108 Å². The number of hydrogen-bond acceptors (Lipinski definition) is 3. The summed E-state index contributed by atoms with van der Waals surface area (Å²) in [6.07, 6.45) is 6.15. The Morgan fingerprint density at radius 3 is 2.61 bits per heavy atom. The molecule has 1 aromatic carbocycles. The van der Waals surface area contributed by atoms with Gasteiger partial charge in [0, 0.05) is 6.54 Å². The van der Waals surface area contributed by atoms with Gasteiger partial charge in [-0.3, -0.25) is 4.79 Å². The first-order valence-electron chi connectivity index (χ1n) is 6.31. The summed E-state index contributed by atoms with van der Waals surface area (Å²) >= 11 is 0. The molecule has 18 heavy (non-hydrogen) atoms. The highest BCUT2D eigenvalue weighted by molar-refractivity contribution is 5.76. The molecular formula is C15H19NO2. The fourth-order valence-electron chi connectivity index (χ4n) is 2.30. The lowest BCUT2D eigenvalue weighted by molar-refractivity contribution is -0.144. The standard InChI is InChI=1S/C15H19NO2/c1-18-15(17)14(13-9-5-6-10-13)16-11-12-7-3-2-4-8-12/h2-8,13-14,16H,9-11H2,1H3. The molecular weight excluding hydrogens is 226 g/mol. The molecule has 0 spiro atoms. The number of benzene rings is 1. The summed E-state index contributed by atoms with van der Waals surface area (Å²) in [5, 5.41) is 3.31. The van der Waals surface area contributed by atoms with Gasteiger partial charge >= 0.3 is 5.97 Å². The Morgan fingerprint density at radius 2 is 2.00 bits per heavy atom. The number of hydrogen-bond donors (Lipinski definition) is 1. The molecule has 0 aliphatic heterocycles. The van der Waals surface area contributed by atoms with Crippen LogP contribution < -0.4 is 5.32 Å². The Bertz CT molecular complexity index is 406. The molecule has 1 atom stereocenters. The third-order valence-corrected chi connectivity index (χ3v) is 3.34. The van der Waals surface area contributed by atoms with Gasteiger partial charge in [-0.1, -0.05) is 42.5 Å². The van der Waals surface area contributed by atoms with Gasteiger partial charge in [-0.05, 0) is 24.3 Å². The highest BCUT2D eigenvalue weighted by Gasteiger charge is 2.28. The van der Waals surface area contributed by atoms with Crippen LogP contribution in [0.1, 0.15) is 18.4 Å². The van der Waals surface area contributed by atoms with Crippen LogP contribution in [0, 0.1) is 5.92 Å². The monoisotopic (exact) mass is 245 g/mol. The van der Waals surface area contributed by atoms with Crippen molar-refractivity contribution in [2.75, 3.05) is 7.11 Å². The highest BCUT2D eigenvalue weighted by atomic mass is 16.5. The molecule has 3 nitrogen and oxygen atoms in total. The van der Waals surface area contributed by atoms with E-state index in [2.05, 4.69) is 17.5 Å². The maximum Gasteiger partial charge on any atom is 0.323 e. The number of allylic oxidation sites excluding steroid dienone is 2. The fourth-order valence-corrected chi connectivity index (χ4v) is 2.30. The third kappa shape index (κ3) is 3.20. The van der Waals surface area contributed by atoms with Gasteiger partial charge in [0.15, 0.2) is 0 Å². The zero-order valence-electron chi connectivity index (χ0n) is 10.6. The van der Waals surface area contributed by atoms with Gasteiger partial charge in [0.25, 0.3) is 0 Å². The first-order chi connectivity index (χ1) is 8.81. The topological polar surface area (TPSA) is 38.3 Å². The SMILES string of the molecule is COC(=O)C(NCc1ccccc1)C1CC=CC1. The van der Waals surface area contributed by atoms with Crippen molar-refractivity contribution in [3.05, 3.63) is 48.0 Å². The summed E-state index contributed by atoms with van der Waals surface area (Å²) < 4.78 is 4.88. The van der Waals surface area contributed by atoms with Crippen LogP contribution in [0.3, 0.4) is 0 Å². The van der Waals surface area contributed by atoms with E-state index in [1.807, 2.05) is 30.3 Å². The van der Waals surface area contributed by atoms with Crippen LogP contribution in [0.15, 0.2) is 42.5 Å². The van der Waals surface area contributed by atoms with Gasteiger partial charge in [0.05, 0.1) is 7.11 Å². The molecule has 1 aliphatic rings. The van der Waals surface area contributed by atoms with Gasteiger partial charge < -0.3 is 10.1 Å². The number of methoxy groups -OCH3 is 1. The molecule has 1 N–H and O–H groups in total. The minimum Gasteiger partial charge on any atom is -0.468 e. The summed E-state index contributed by atoms with van der Waals surface area (Å²) in [6, 6.07) is 9.87. The predicted molar refractivity (Wildman–Crippen MR) is 70.9 cm³/mol. The number of esters is 1. The lowest BCUT2D eigenvalue weighted by Gasteiger charge is -2.22. The van der Waals surface area contributed by atoms with Crippen molar-refractivity contribution in [3.8, 4) is 0 Å². The van der Waals surface area contributed by atoms with Crippen molar-refractivity contribution < 1.29 is 9.53 Å². The van der Waals surface area contributed by atoms with Gasteiger partial charge in [0.2, 0.25) is 0 Å². The van der Waals surface area contributed by atoms with Crippen LogP contribution in [0.4, 0.5) is 0 Å². The smallest absolute Gasteiger partial charge is 0.323 e. The van der Waals surface area contributed by atoms with Crippen LogP contribution in [0.2, 0.25) is 0 Å². The average molecular weight is 245 g/mol. The first-order valence-corrected chi connectivity index (χ1v) is 6.31. The van der Waals surface area contributed by atoms with Crippen molar-refractivity contribution in [2.45, 2.75) is 25.4 Å². The van der Waals surface area contributed by atoms with E-state index < -0.39 is 0 Å². The largest absolute Gasteiger partial charge is 0.468 e. The molecule has 0 bridgehead atoms. The minimum atomic E-state index is -0.217. The predicted octanol–water partition coefficient (Wildman–Crippen LogP) is 2.28. The molecule has 1 unspecified atom stereocenters. The van der Waals surface area contributed by atoms with Crippen LogP contribution in [-0.2, 0) is 16.1 Å². The zero-order chi connectivity index (χ0) is 12.8. The lowest BCUT2D eigenvalue weighted by atomic mass is 9.97. The maximum atomic E-state index is 11.8. The second kappa shape index (κ2) is 6.36. The van der Waals surface area contributed by atoms with Gasteiger partial charge in [-0.2, -0.15) is 0 Å². The fraction of sp³-hybridized carbons (Fsp3) is 0.400. The van der Waals surface area contributed by atoms with Crippen LogP contribution in [0.5, 0.6) is 0 Å². The quantitative estimate of drug-likeness (QED) is 0.639. The molecule has 1 aromatic rings. The molecule has 2 rings (SSSR count). The average Bonchev–Trinajstić information content (AvgIpc) is 2.94. The molecule has 0 amide bonds. The third-order valence-electron chi connectivity index (χ3n) is 3.34. The normalized spacial score (nSPS) is 16.7.